The highest BCUT2D eigenvalue weighted by Crippen LogP contribution is 2.26. The van der Waals surface area contributed by atoms with Gasteiger partial charge in [-0.1, -0.05) is 52.3 Å². The second-order valence-electron chi connectivity index (χ2n) is 5.83. The van der Waals surface area contributed by atoms with Crippen LogP contribution in [0.5, 0.6) is 0 Å². The van der Waals surface area contributed by atoms with Crippen LogP contribution in [0.2, 0.25) is 0 Å². The lowest BCUT2D eigenvalue weighted by molar-refractivity contribution is 0.474. The molecule has 0 bridgehead atoms. The molecule has 1 nitrogen and oxygen atoms in total. The molecule has 0 aromatic carbocycles. The standard InChI is InChI=1S/C10H22OS2/c1-9(2,3)7-12-13(11)8-10(4,5)6/h7-8H2,1-6H3. The molecule has 0 aromatic rings. The van der Waals surface area contributed by atoms with Crippen molar-refractivity contribution >= 4 is 20.6 Å². The van der Waals surface area contributed by atoms with Crippen molar-refractivity contribution in [3.63, 3.8) is 0 Å². The van der Waals surface area contributed by atoms with Crippen molar-refractivity contribution in [2.45, 2.75) is 41.5 Å². The zero-order valence-corrected chi connectivity index (χ0v) is 11.3. The van der Waals surface area contributed by atoms with Gasteiger partial charge in [0.05, 0.1) is 9.83 Å². The van der Waals surface area contributed by atoms with E-state index in [4.69, 9.17) is 0 Å². The highest BCUT2D eigenvalue weighted by atomic mass is 33.1. The van der Waals surface area contributed by atoms with Gasteiger partial charge < -0.3 is 0 Å². The van der Waals surface area contributed by atoms with Crippen molar-refractivity contribution in [2.75, 3.05) is 11.5 Å². The molecule has 0 radical (unpaired) electrons. The highest BCUT2D eigenvalue weighted by molar-refractivity contribution is 8.69. The summed E-state index contributed by atoms with van der Waals surface area (Å²) < 4.78 is 11.6. The van der Waals surface area contributed by atoms with Gasteiger partial charge in [-0.15, -0.1) is 0 Å². The van der Waals surface area contributed by atoms with Crippen LogP contribution < -0.4 is 0 Å². The van der Waals surface area contributed by atoms with Crippen molar-refractivity contribution in [2.24, 2.45) is 10.8 Å². The van der Waals surface area contributed by atoms with Gasteiger partial charge in [0.2, 0.25) is 0 Å². The SMILES string of the molecule is CC(C)(C)CSS(=O)CC(C)(C)C. The quantitative estimate of drug-likeness (QED) is 0.680. The summed E-state index contributed by atoms with van der Waals surface area (Å²) in [4.78, 5) is 0. The molecule has 80 valence electrons. The molecule has 0 aliphatic carbocycles. The van der Waals surface area contributed by atoms with Gasteiger partial charge in [-0.3, -0.25) is 0 Å². The number of rotatable bonds is 3. The summed E-state index contributed by atoms with van der Waals surface area (Å²) in [5.74, 6) is 1.75. The van der Waals surface area contributed by atoms with Gasteiger partial charge in [0, 0.05) is 11.5 Å². The van der Waals surface area contributed by atoms with E-state index in [0.717, 1.165) is 11.5 Å². The molecule has 0 saturated carbocycles. The first-order chi connectivity index (χ1) is 5.60. The van der Waals surface area contributed by atoms with E-state index in [9.17, 15) is 4.21 Å². The smallest absolute Gasteiger partial charge is 0.0809 e. The first kappa shape index (κ1) is 13.5. The number of hydrogen-bond acceptors (Lipinski definition) is 2. The van der Waals surface area contributed by atoms with Gasteiger partial charge in [0.25, 0.3) is 0 Å². The molecule has 0 heterocycles. The summed E-state index contributed by atoms with van der Waals surface area (Å²) in [5, 5.41) is 0. The summed E-state index contributed by atoms with van der Waals surface area (Å²) >= 11 is 0. The minimum absolute atomic E-state index is 0.176. The Morgan fingerprint density at radius 3 is 1.77 bits per heavy atom. The van der Waals surface area contributed by atoms with E-state index < -0.39 is 9.83 Å². The maximum Gasteiger partial charge on any atom is 0.0809 e. The zero-order chi connectivity index (χ0) is 10.7. The Hall–Kier alpha value is 0.500. The molecule has 0 aliphatic heterocycles. The van der Waals surface area contributed by atoms with Crippen LogP contribution >= 0.6 is 10.8 Å². The van der Waals surface area contributed by atoms with E-state index in [2.05, 4.69) is 41.5 Å². The maximum absolute atomic E-state index is 11.6. The third-order valence-corrected chi connectivity index (χ3v) is 5.02. The lowest BCUT2D eigenvalue weighted by Crippen LogP contribution is -2.16. The van der Waals surface area contributed by atoms with Gasteiger partial charge >= 0.3 is 0 Å². The number of hydrogen-bond donors (Lipinski definition) is 0. The molecule has 0 amide bonds. The van der Waals surface area contributed by atoms with Crippen LogP contribution in [0, 0.1) is 10.8 Å². The van der Waals surface area contributed by atoms with E-state index in [0.29, 0.717) is 0 Å². The highest BCUT2D eigenvalue weighted by Gasteiger charge is 2.18. The van der Waals surface area contributed by atoms with Crippen molar-refractivity contribution in [1.29, 1.82) is 0 Å². The van der Waals surface area contributed by atoms with Crippen LogP contribution in [0.3, 0.4) is 0 Å². The van der Waals surface area contributed by atoms with Crippen molar-refractivity contribution in [1.82, 2.24) is 0 Å². The largest absolute Gasteiger partial charge is 0.248 e. The third kappa shape index (κ3) is 10.4. The Kier molecular flexibility index (Phi) is 5.02. The molecule has 0 spiro atoms. The fourth-order valence-corrected chi connectivity index (χ4v) is 4.68. The lowest BCUT2D eigenvalue weighted by atomic mass is 10.0. The summed E-state index contributed by atoms with van der Waals surface area (Å²) in [6.45, 7) is 12.9. The first-order valence-corrected chi connectivity index (χ1v) is 7.44. The van der Waals surface area contributed by atoms with E-state index in [1.54, 1.807) is 10.8 Å². The van der Waals surface area contributed by atoms with Crippen LogP contribution in [0.4, 0.5) is 0 Å². The minimum atomic E-state index is -0.719. The van der Waals surface area contributed by atoms with E-state index >= 15 is 0 Å². The average molecular weight is 222 g/mol. The van der Waals surface area contributed by atoms with Crippen LogP contribution in [-0.2, 0) is 9.83 Å². The molecule has 0 aliphatic rings. The van der Waals surface area contributed by atoms with Gasteiger partial charge in [0.15, 0.2) is 0 Å². The molecule has 0 rings (SSSR count). The van der Waals surface area contributed by atoms with Gasteiger partial charge in [-0.05, 0) is 10.8 Å². The Morgan fingerprint density at radius 1 is 1.00 bits per heavy atom. The van der Waals surface area contributed by atoms with Crippen LogP contribution in [-0.4, -0.2) is 15.7 Å². The van der Waals surface area contributed by atoms with E-state index in [1.165, 1.54) is 0 Å². The Balaban J connectivity index is 3.78. The van der Waals surface area contributed by atoms with E-state index in [1.807, 2.05) is 0 Å². The minimum Gasteiger partial charge on any atom is -0.248 e. The van der Waals surface area contributed by atoms with Crippen LogP contribution in [0.25, 0.3) is 0 Å². The van der Waals surface area contributed by atoms with Crippen molar-refractivity contribution in [3.05, 3.63) is 0 Å². The summed E-state index contributed by atoms with van der Waals surface area (Å²) in [5.41, 5.74) is 0.452. The second-order valence-corrected chi connectivity index (χ2v) is 9.07. The predicted molar refractivity (Wildman–Crippen MR) is 64.4 cm³/mol. The monoisotopic (exact) mass is 222 g/mol. The summed E-state index contributed by atoms with van der Waals surface area (Å²) in [7, 11) is 0.863. The van der Waals surface area contributed by atoms with Gasteiger partial charge in [-0.25, -0.2) is 4.21 Å². The molecular weight excluding hydrogens is 200 g/mol. The van der Waals surface area contributed by atoms with Crippen molar-refractivity contribution < 1.29 is 4.21 Å². The third-order valence-electron chi connectivity index (χ3n) is 1.17. The van der Waals surface area contributed by atoms with Crippen molar-refractivity contribution in [3.8, 4) is 0 Å². The molecule has 0 saturated heterocycles. The summed E-state index contributed by atoms with van der Waals surface area (Å²) in [6, 6.07) is 0. The van der Waals surface area contributed by atoms with Gasteiger partial charge in [0.1, 0.15) is 0 Å². The molecule has 1 unspecified atom stereocenters. The molecule has 0 fully saturated rings. The van der Waals surface area contributed by atoms with E-state index in [-0.39, 0.29) is 10.8 Å². The van der Waals surface area contributed by atoms with Crippen LogP contribution in [0.1, 0.15) is 41.5 Å². The second kappa shape index (κ2) is 4.83. The molecule has 3 heteroatoms. The Labute approximate surface area is 88.9 Å². The average Bonchev–Trinajstić information content (AvgIpc) is 1.78. The normalized spacial score (nSPS) is 15.8. The Morgan fingerprint density at radius 2 is 1.46 bits per heavy atom. The fraction of sp³-hybridized carbons (Fsp3) is 1.00. The molecule has 1 atom stereocenters. The molecular formula is C10H22OS2. The zero-order valence-electron chi connectivity index (χ0n) is 9.64. The maximum atomic E-state index is 11.6. The first-order valence-electron chi connectivity index (χ1n) is 4.62. The predicted octanol–water partition coefficient (Wildman–Crippen LogP) is 3.48. The topological polar surface area (TPSA) is 17.1 Å². The fourth-order valence-electron chi connectivity index (χ4n) is 0.638. The molecule has 0 N–H and O–H groups in total. The lowest BCUT2D eigenvalue weighted by Gasteiger charge is -2.20. The Bertz CT molecular complexity index is 174. The molecule has 13 heavy (non-hydrogen) atoms. The summed E-state index contributed by atoms with van der Waals surface area (Å²) in [6.07, 6.45) is 0. The molecule has 0 aromatic heterocycles. The van der Waals surface area contributed by atoms with Crippen LogP contribution in [0.15, 0.2) is 0 Å². The van der Waals surface area contributed by atoms with Gasteiger partial charge in [-0.2, -0.15) is 0 Å².